The Morgan fingerprint density at radius 3 is 2.36 bits per heavy atom. The van der Waals surface area contributed by atoms with Gasteiger partial charge in [-0.1, -0.05) is 19.1 Å². The number of esters is 1. The van der Waals surface area contributed by atoms with E-state index in [-0.39, 0.29) is 16.8 Å². The Hall–Kier alpha value is -0.790. The molecule has 11 heavy (non-hydrogen) atoms. The molecule has 0 aromatic carbocycles. The molecule has 60 valence electrons. The topological polar surface area (TPSA) is 26.3 Å². The number of hydrogen-bond donors (Lipinski definition) is 0. The van der Waals surface area contributed by atoms with E-state index in [1.807, 2.05) is 6.92 Å². The summed E-state index contributed by atoms with van der Waals surface area (Å²) in [4.78, 5) is 11.3. The molecule has 2 heteroatoms. The zero-order chi connectivity index (χ0) is 8.28. The van der Waals surface area contributed by atoms with Gasteiger partial charge in [0, 0.05) is 11.3 Å². The Morgan fingerprint density at radius 2 is 2.09 bits per heavy atom. The molecule has 0 N–H and O–H groups in total. The Kier molecular flexibility index (Phi) is 0.952. The lowest BCUT2D eigenvalue weighted by Gasteiger charge is -2.12. The van der Waals surface area contributed by atoms with E-state index in [4.69, 9.17) is 4.74 Å². The lowest BCUT2D eigenvalue weighted by Crippen LogP contribution is -2.18. The predicted octanol–water partition coefficient (Wildman–Crippen LogP) is 1.37. The SMILES string of the molecule is COC(=O)[C@]1(C)[C@@H]2C=C[C@@]21C. The van der Waals surface area contributed by atoms with Crippen molar-refractivity contribution in [1.29, 1.82) is 0 Å². The summed E-state index contributed by atoms with van der Waals surface area (Å²) in [5.41, 5.74) is -0.137. The average Bonchev–Trinajstić information content (AvgIpc) is 2.29. The summed E-state index contributed by atoms with van der Waals surface area (Å²) >= 11 is 0. The summed E-state index contributed by atoms with van der Waals surface area (Å²) in [5, 5.41) is 0. The fourth-order valence-electron chi connectivity index (χ4n) is 2.27. The monoisotopic (exact) mass is 152 g/mol. The van der Waals surface area contributed by atoms with Gasteiger partial charge in [0.1, 0.15) is 0 Å². The fraction of sp³-hybridized carbons (Fsp3) is 0.667. The van der Waals surface area contributed by atoms with Crippen LogP contribution in [0.1, 0.15) is 13.8 Å². The van der Waals surface area contributed by atoms with Crippen LogP contribution >= 0.6 is 0 Å². The number of ether oxygens (including phenoxy) is 1. The van der Waals surface area contributed by atoms with E-state index in [9.17, 15) is 4.79 Å². The number of fused-ring (bicyclic) bond motifs is 1. The van der Waals surface area contributed by atoms with Crippen molar-refractivity contribution in [2.24, 2.45) is 16.7 Å². The molecule has 1 saturated carbocycles. The first-order valence-electron chi connectivity index (χ1n) is 3.85. The van der Waals surface area contributed by atoms with Gasteiger partial charge < -0.3 is 4.74 Å². The third-order valence-electron chi connectivity index (χ3n) is 3.55. The van der Waals surface area contributed by atoms with Crippen LogP contribution in [-0.2, 0) is 9.53 Å². The maximum atomic E-state index is 11.3. The first kappa shape index (κ1) is 6.89. The van der Waals surface area contributed by atoms with Gasteiger partial charge >= 0.3 is 5.97 Å². The third-order valence-corrected chi connectivity index (χ3v) is 3.55. The van der Waals surface area contributed by atoms with Crippen LogP contribution in [0.3, 0.4) is 0 Å². The lowest BCUT2D eigenvalue weighted by molar-refractivity contribution is -0.147. The molecule has 3 atom stereocenters. The molecule has 2 aliphatic rings. The van der Waals surface area contributed by atoms with Crippen molar-refractivity contribution in [2.75, 3.05) is 7.11 Å². The third kappa shape index (κ3) is 0.461. The van der Waals surface area contributed by atoms with Crippen molar-refractivity contribution in [3.63, 3.8) is 0 Å². The minimum Gasteiger partial charge on any atom is -0.469 e. The highest BCUT2D eigenvalue weighted by atomic mass is 16.5. The molecular formula is C9H12O2. The molecule has 0 aromatic rings. The molecule has 0 unspecified atom stereocenters. The van der Waals surface area contributed by atoms with Crippen LogP contribution in [-0.4, -0.2) is 13.1 Å². The van der Waals surface area contributed by atoms with Gasteiger partial charge in [0.05, 0.1) is 12.5 Å². The maximum Gasteiger partial charge on any atom is 0.313 e. The van der Waals surface area contributed by atoms with Crippen LogP contribution in [0.4, 0.5) is 0 Å². The maximum absolute atomic E-state index is 11.3. The van der Waals surface area contributed by atoms with E-state index in [2.05, 4.69) is 19.1 Å². The van der Waals surface area contributed by atoms with Crippen molar-refractivity contribution in [2.45, 2.75) is 13.8 Å². The molecule has 1 fully saturated rings. The van der Waals surface area contributed by atoms with Crippen LogP contribution < -0.4 is 0 Å². The molecule has 0 bridgehead atoms. The molecule has 0 spiro atoms. The molecule has 2 nitrogen and oxygen atoms in total. The second-order valence-corrected chi connectivity index (χ2v) is 3.81. The van der Waals surface area contributed by atoms with E-state index in [0.29, 0.717) is 5.92 Å². The smallest absolute Gasteiger partial charge is 0.313 e. The van der Waals surface area contributed by atoms with Gasteiger partial charge in [-0.05, 0) is 6.92 Å². The zero-order valence-corrected chi connectivity index (χ0v) is 7.05. The number of carbonyl (C=O) groups is 1. The van der Waals surface area contributed by atoms with Gasteiger partial charge in [-0.25, -0.2) is 0 Å². The molecular weight excluding hydrogens is 140 g/mol. The number of allylic oxidation sites excluding steroid dienone is 2. The Bertz CT molecular complexity index is 256. The predicted molar refractivity (Wildman–Crippen MR) is 40.9 cm³/mol. The van der Waals surface area contributed by atoms with Crippen molar-refractivity contribution < 1.29 is 9.53 Å². The highest BCUT2D eigenvalue weighted by Gasteiger charge is 2.77. The number of carbonyl (C=O) groups excluding carboxylic acids is 1. The largest absolute Gasteiger partial charge is 0.469 e. The van der Waals surface area contributed by atoms with E-state index in [1.165, 1.54) is 7.11 Å². The second-order valence-electron chi connectivity index (χ2n) is 3.81. The fourth-order valence-corrected chi connectivity index (χ4v) is 2.27. The van der Waals surface area contributed by atoms with Crippen LogP contribution in [0.25, 0.3) is 0 Å². The van der Waals surface area contributed by atoms with Gasteiger partial charge in [0.15, 0.2) is 0 Å². The molecule has 0 aliphatic heterocycles. The first-order valence-corrected chi connectivity index (χ1v) is 3.85. The summed E-state index contributed by atoms with van der Waals surface area (Å²) in [7, 11) is 1.45. The number of rotatable bonds is 1. The van der Waals surface area contributed by atoms with E-state index in [0.717, 1.165) is 0 Å². The van der Waals surface area contributed by atoms with Gasteiger partial charge in [0.25, 0.3) is 0 Å². The van der Waals surface area contributed by atoms with Crippen LogP contribution in [0.2, 0.25) is 0 Å². The summed E-state index contributed by atoms with van der Waals surface area (Å²) in [6.07, 6.45) is 4.20. The highest BCUT2D eigenvalue weighted by Crippen LogP contribution is 2.76. The average molecular weight is 152 g/mol. The van der Waals surface area contributed by atoms with Gasteiger partial charge in [-0.15, -0.1) is 0 Å². The van der Waals surface area contributed by atoms with Crippen molar-refractivity contribution in [3.05, 3.63) is 12.2 Å². The molecule has 0 heterocycles. The molecule has 0 radical (unpaired) electrons. The van der Waals surface area contributed by atoms with Crippen molar-refractivity contribution >= 4 is 5.97 Å². The molecule has 0 amide bonds. The molecule has 0 saturated heterocycles. The Balaban J connectivity index is 2.25. The lowest BCUT2D eigenvalue weighted by atomic mass is 9.94. The van der Waals surface area contributed by atoms with E-state index < -0.39 is 0 Å². The summed E-state index contributed by atoms with van der Waals surface area (Å²) in [6, 6.07) is 0. The number of methoxy groups -OCH3 is 1. The first-order chi connectivity index (χ1) is 5.07. The molecule has 2 rings (SSSR count). The molecule has 2 aliphatic carbocycles. The number of hydrogen-bond acceptors (Lipinski definition) is 2. The van der Waals surface area contributed by atoms with Crippen LogP contribution in [0, 0.1) is 16.7 Å². The minimum atomic E-state index is -0.248. The summed E-state index contributed by atoms with van der Waals surface area (Å²) < 4.78 is 4.74. The quantitative estimate of drug-likeness (QED) is 0.419. The van der Waals surface area contributed by atoms with Crippen molar-refractivity contribution in [3.8, 4) is 0 Å². The van der Waals surface area contributed by atoms with Gasteiger partial charge in [-0.2, -0.15) is 0 Å². The summed E-state index contributed by atoms with van der Waals surface area (Å²) in [5.74, 6) is 0.359. The van der Waals surface area contributed by atoms with E-state index in [1.54, 1.807) is 0 Å². The summed E-state index contributed by atoms with van der Waals surface area (Å²) in [6.45, 7) is 4.08. The normalized spacial score (nSPS) is 51.0. The second kappa shape index (κ2) is 1.52. The Morgan fingerprint density at radius 1 is 1.55 bits per heavy atom. The Labute approximate surface area is 66.2 Å². The minimum absolute atomic E-state index is 0.0741. The van der Waals surface area contributed by atoms with Crippen molar-refractivity contribution in [1.82, 2.24) is 0 Å². The van der Waals surface area contributed by atoms with Crippen LogP contribution in [0.5, 0.6) is 0 Å². The van der Waals surface area contributed by atoms with E-state index >= 15 is 0 Å². The molecule has 0 aromatic heterocycles. The standard InChI is InChI=1S/C9H12O2/c1-8-5-4-6(8)9(8,2)7(10)11-3/h4-6H,1-3H3/t6-,8+,9+/m1/s1. The highest BCUT2D eigenvalue weighted by molar-refractivity contribution is 5.85. The zero-order valence-electron chi connectivity index (χ0n) is 7.05. The van der Waals surface area contributed by atoms with Gasteiger partial charge in [-0.3, -0.25) is 4.79 Å². The van der Waals surface area contributed by atoms with Crippen LogP contribution in [0.15, 0.2) is 12.2 Å². The van der Waals surface area contributed by atoms with Gasteiger partial charge in [0.2, 0.25) is 0 Å².